The lowest BCUT2D eigenvalue weighted by molar-refractivity contribution is 0.276. The van der Waals surface area contributed by atoms with Crippen LogP contribution < -0.4 is 5.32 Å². The third-order valence-electron chi connectivity index (χ3n) is 5.56. The van der Waals surface area contributed by atoms with Crippen LogP contribution >= 0.6 is 8.25 Å². The molecule has 0 saturated heterocycles. The van der Waals surface area contributed by atoms with E-state index in [1.54, 1.807) is 0 Å². The summed E-state index contributed by atoms with van der Waals surface area (Å²) in [6.07, 6.45) is 4.94. The van der Waals surface area contributed by atoms with Crippen LogP contribution in [0, 0.1) is 11.6 Å². The second-order valence-corrected chi connectivity index (χ2v) is 9.31. The summed E-state index contributed by atoms with van der Waals surface area (Å²) in [5, 5.41) is 2.99. The zero-order valence-electron chi connectivity index (χ0n) is 18.4. The standard InChI is InChI=1S/C24H34F2NO3P/c1-24(2,21-11-6-3-7-12-21)13-8-4-5-10-19-16-23(26)20(17-22(19)25)18-27-14-9-15-30-31(28)29/h3,6-7,11-12,16-17,27,31H,4-5,8-10,13-15,18H2,1-2H3,(H,28,29). The average molecular weight is 454 g/mol. The molecule has 0 bridgehead atoms. The van der Waals surface area contributed by atoms with Gasteiger partial charge in [0.2, 0.25) is 0 Å². The Labute approximate surface area is 185 Å². The Balaban J connectivity index is 1.72. The lowest BCUT2D eigenvalue weighted by Crippen LogP contribution is -2.17. The summed E-state index contributed by atoms with van der Waals surface area (Å²) in [5.74, 6) is -0.782. The molecule has 0 aliphatic heterocycles. The van der Waals surface area contributed by atoms with Crippen LogP contribution in [-0.2, 0) is 27.5 Å². The predicted octanol–water partition coefficient (Wildman–Crippen LogP) is 5.92. The van der Waals surface area contributed by atoms with Crippen molar-refractivity contribution in [3.05, 3.63) is 70.8 Å². The molecule has 0 aromatic heterocycles. The Morgan fingerprint density at radius 1 is 1.00 bits per heavy atom. The van der Waals surface area contributed by atoms with E-state index >= 15 is 0 Å². The van der Waals surface area contributed by atoms with Gasteiger partial charge in [0.1, 0.15) is 11.6 Å². The van der Waals surface area contributed by atoms with Crippen LogP contribution in [0.4, 0.5) is 8.78 Å². The zero-order chi connectivity index (χ0) is 22.7. The highest BCUT2D eigenvalue weighted by atomic mass is 31.1. The van der Waals surface area contributed by atoms with E-state index in [1.165, 1.54) is 17.7 Å². The van der Waals surface area contributed by atoms with Gasteiger partial charge in [-0.05, 0) is 60.9 Å². The molecule has 31 heavy (non-hydrogen) atoms. The van der Waals surface area contributed by atoms with Gasteiger partial charge in [-0.3, -0.25) is 4.57 Å². The first-order valence-corrected chi connectivity index (χ1v) is 12.1. The van der Waals surface area contributed by atoms with Crippen LogP contribution in [0.2, 0.25) is 0 Å². The smallest absolute Gasteiger partial charge is 0.316 e. The van der Waals surface area contributed by atoms with Crippen molar-refractivity contribution in [3.8, 4) is 0 Å². The number of halogens is 2. The maximum Gasteiger partial charge on any atom is 0.316 e. The lowest BCUT2D eigenvalue weighted by atomic mass is 9.80. The Bertz CT molecular complexity index is 831. The normalized spacial score (nSPS) is 12.8. The van der Waals surface area contributed by atoms with Crippen LogP contribution in [0.3, 0.4) is 0 Å². The van der Waals surface area contributed by atoms with Crippen LogP contribution in [0.15, 0.2) is 42.5 Å². The Morgan fingerprint density at radius 3 is 2.39 bits per heavy atom. The van der Waals surface area contributed by atoms with E-state index in [4.69, 9.17) is 4.89 Å². The van der Waals surface area contributed by atoms with Crippen molar-refractivity contribution in [2.75, 3.05) is 13.2 Å². The molecule has 7 heteroatoms. The molecule has 2 N–H and O–H groups in total. The number of aryl methyl sites for hydroxylation is 1. The molecule has 1 unspecified atom stereocenters. The van der Waals surface area contributed by atoms with Crippen molar-refractivity contribution in [3.63, 3.8) is 0 Å². The van der Waals surface area contributed by atoms with Gasteiger partial charge in [-0.25, -0.2) is 8.78 Å². The number of benzene rings is 2. The van der Waals surface area contributed by atoms with E-state index in [-0.39, 0.29) is 29.9 Å². The fraction of sp³-hybridized carbons (Fsp3) is 0.500. The van der Waals surface area contributed by atoms with Crippen LogP contribution in [0.5, 0.6) is 0 Å². The van der Waals surface area contributed by atoms with Gasteiger partial charge in [0, 0.05) is 12.1 Å². The van der Waals surface area contributed by atoms with Crippen molar-refractivity contribution in [1.29, 1.82) is 0 Å². The van der Waals surface area contributed by atoms with E-state index in [0.29, 0.717) is 24.9 Å². The minimum atomic E-state index is -2.91. The molecule has 0 spiro atoms. The Kier molecular flexibility index (Phi) is 10.8. The molecular formula is C24H34F2NO3P. The largest absolute Gasteiger partial charge is 0.326 e. The third-order valence-corrected chi connectivity index (χ3v) is 6.01. The molecule has 1 atom stereocenters. The molecule has 0 fully saturated rings. The monoisotopic (exact) mass is 453 g/mol. The second-order valence-electron chi connectivity index (χ2n) is 8.49. The number of hydrogen-bond acceptors (Lipinski definition) is 3. The highest BCUT2D eigenvalue weighted by molar-refractivity contribution is 7.32. The van der Waals surface area contributed by atoms with Crippen LogP contribution in [0.1, 0.15) is 62.6 Å². The molecule has 2 rings (SSSR count). The third kappa shape index (κ3) is 9.20. The fourth-order valence-corrected chi connectivity index (χ4v) is 3.95. The summed E-state index contributed by atoms with van der Waals surface area (Å²) in [7, 11) is -2.91. The summed E-state index contributed by atoms with van der Waals surface area (Å²) < 4.78 is 43.7. The van der Waals surface area contributed by atoms with Gasteiger partial charge in [0.15, 0.2) is 0 Å². The maximum atomic E-state index is 14.4. The van der Waals surface area contributed by atoms with Gasteiger partial charge in [-0.15, -0.1) is 0 Å². The molecule has 2 aromatic carbocycles. The second kappa shape index (κ2) is 13.1. The highest BCUT2D eigenvalue weighted by Crippen LogP contribution is 2.29. The first-order chi connectivity index (χ1) is 14.8. The van der Waals surface area contributed by atoms with Crippen molar-refractivity contribution in [1.82, 2.24) is 5.32 Å². The van der Waals surface area contributed by atoms with Gasteiger partial charge in [0.05, 0.1) is 6.61 Å². The Morgan fingerprint density at radius 2 is 1.68 bits per heavy atom. The van der Waals surface area contributed by atoms with Gasteiger partial charge >= 0.3 is 8.25 Å². The van der Waals surface area contributed by atoms with Gasteiger partial charge < -0.3 is 14.7 Å². The summed E-state index contributed by atoms with van der Waals surface area (Å²) in [6.45, 7) is 5.32. The van der Waals surface area contributed by atoms with Crippen molar-refractivity contribution < 1.29 is 22.8 Å². The van der Waals surface area contributed by atoms with Gasteiger partial charge in [-0.1, -0.05) is 57.0 Å². The lowest BCUT2D eigenvalue weighted by Gasteiger charge is -2.25. The molecule has 0 amide bonds. The maximum absolute atomic E-state index is 14.4. The van der Waals surface area contributed by atoms with E-state index in [9.17, 15) is 13.3 Å². The molecule has 0 radical (unpaired) electrons. The fourth-order valence-electron chi connectivity index (χ4n) is 3.63. The molecule has 2 aromatic rings. The van der Waals surface area contributed by atoms with Crippen LogP contribution in [0.25, 0.3) is 0 Å². The molecule has 0 aliphatic rings. The summed E-state index contributed by atoms with van der Waals surface area (Å²) >= 11 is 0. The zero-order valence-corrected chi connectivity index (χ0v) is 19.4. The number of hydrogen-bond donors (Lipinski definition) is 2. The highest BCUT2D eigenvalue weighted by Gasteiger charge is 2.19. The predicted molar refractivity (Wildman–Crippen MR) is 121 cm³/mol. The molecule has 4 nitrogen and oxygen atoms in total. The quantitative estimate of drug-likeness (QED) is 0.275. The van der Waals surface area contributed by atoms with Gasteiger partial charge in [-0.2, -0.15) is 0 Å². The number of rotatable bonds is 14. The Hall–Kier alpha value is -1.59. The van der Waals surface area contributed by atoms with E-state index < -0.39 is 14.1 Å². The molecular weight excluding hydrogens is 419 g/mol. The number of nitrogens with one attached hydrogen (secondary N) is 1. The SMILES string of the molecule is CC(C)(CCCCCc1cc(F)c(CNCCCO[PH](=O)O)cc1F)c1ccccc1. The van der Waals surface area contributed by atoms with E-state index in [0.717, 1.165) is 25.7 Å². The summed E-state index contributed by atoms with van der Waals surface area (Å²) in [5.41, 5.74) is 2.13. The molecule has 0 heterocycles. The number of unbranched alkanes of at least 4 members (excludes halogenated alkanes) is 2. The van der Waals surface area contributed by atoms with Crippen LogP contribution in [-0.4, -0.2) is 18.0 Å². The minimum absolute atomic E-state index is 0.107. The van der Waals surface area contributed by atoms with Crippen molar-refractivity contribution >= 4 is 8.25 Å². The van der Waals surface area contributed by atoms with Gasteiger partial charge in [0.25, 0.3) is 0 Å². The molecule has 0 saturated carbocycles. The van der Waals surface area contributed by atoms with Crippen molar-refractivity contribution in [2.24, 2.45) is 0 Å². The average Bonchev–Trinajstić information content (AvgIpc) is 2.73. The van der Waals surface area contributed by atoms with Crippen molar-refractivity contribution in [2.45, 2.75) is 64.3 Å². The first-order valence-electron chi connectivity index (χ1n) is 10.9. The molecule has 0 aliphatic carbocycles. The molecule has 172 valence electrons. The minimum Gasteiger partial charge on any atom is -0.326 e. The topological polar surface area (TPSA) is 58.6 Å². The summed E-state index contributed by atoms with van der Waals surface area (Å²) in [4.78, 5) is 8.57. The van der Waals surface area contributed by atoms with E-state index in [2.05, 4.69) is 48.0 Å². The summed E-state index contributed by atoms with van der Waals surface area (Å²) in [6, 6.07) is 13.0. The first kappa shape index (κ1) is 25.7. The van der Waals surface area contributed by atoms with E-state index in [1.807, 2.05) is 6.07 Å².